The van der Waals surface area contributed by atoms with Crippen molar-refractivity contribution >= 4 is 43.9 Å². The molecule has 0 saturated carbocycles. The smallest absolute Gasteiger partial charge is 0.0894 e. The van der Waals surface area contributed by atoms with E-state index in [1.165, 1.54) is 0 Å². The van der Waals surface area contributed by atoms with E-state index in [2.05, 4.69) is 21.2 Å². The van der Waals surface area contributed by atoms with Crippen LogP contribution in [0.1, 0.15) is 0 Å². The number of hydrogen-bond donors (Lipinski definition) is 1. The fourth-order valence-corrected chi connectivity index (χ4v) is 1.99. The van der Waals surface area contributed by atoms with E-state index in [1.54, 1.807) is 11.3 Å². The van der Waals surface area contributed by atoms with Gasteiger partial charge in [0.15, 0.2) is 0 Å². The van der Waals surface area contributed by atoms with Crippen LogP contribution < -0.4 is 5.32 Å². The van der Waals surface area contributed by atoms with Gasteiger partial charge in [-0.3, -0.25) is 0 Å². The van der Waals surface area contributed by atoms with Gasteiger partial charge in [-0.25, -0.2) is 0 Å². The Morgan fingerprint density at radius 1 is 1.60 bits per heavy atom. The quantitative estimate of drug-likeness (QED) is 0.801. The van der Waals surface area contributed by atoms with Crippen molar-refractivity contribution in [3.63, 3.8) is 0 Å². The Balaban J connectivity index is 2.42. The first-order valence-corrected chi connectivity index (χ1v) is 5.02. The molecule has 0 bridgehead atoms. The van der Waals surface area contributed by atoms with Gasteiger partial charge in [0.1, 0.15) is 0 Å². The molecule has 0 spiro atoms. The van der Waals surface area contributed by atoms with Crippen molar-refractivity contribution in [2.24, 2.45) is 0 Å². The molecule has 1 aromatic heterocycles. The molecule has 0 fully saturated rings. The summed E-state index contributed by atoms with van der Waals surface area (Å²) in [6.07, 6.45) is 0. The van der Waals surface area contributed by atoms with Gasteiger partial charge in [-0.2, -0.15) is 0 Å². The van der Waals surface area contributed by atoms with E-state index in [0.29, 0.717) is 5.88 Å². The SMILES string of the molecule is ClCCNc1ccc(Br)s1. The molecule has 0 atom stereocenters. The monoisotopic (exact) mass is 239 g/mol. The molecule has 1 rings (SSSR count). The van der Waals surface area contributed by atoms with E-state index in [9.17, 15) is 0 Å². The second-order valence-corrected chi connectivity index (χ2v) is 4.56. The molecule has 0 unspecified atom stereocenters. The fourth-order valence-electron chi connectivity index (χ4n) is 0.580. The van der Waals surface area contributed by atoms with Crippen molar-refractivity contribution in [1.82, 2.24) is 0 Å². The van der Waals surface area contributed by atoms with Gasteiger partial charge < -0.3 is 5.32 Å². The molecular weight excluding hydrogens is 233 g/mol. The molecule has 56 valence electrons. The Bertz CT molecular complexity index is 201. The van der Waals surface area contributed by atoms with Gasteiger partial charge in [-0.05, 0) is 28.1 Å². The molecule has 0 aliphatic rings. The molecule has 1 N–H and O–H groups in total. The van der Waals surface area contributed by atoms with E-state index in [-0.39, 0.29) is 0 Å². The standard InChI is InChI=1S/C6H7BrClNS/c7-5-1-2-6(10-5)9-4-3-8/h1-2,9H,3-4H2. The van der Waals surface area contributed by atoms with Crippen LogP contribution in [0.4, 0.5) is 5.00 Å². The Hall–Kier alpha value is 0.270. The van der Waals surface area contributed by atoms with Crippen LogP contribution in [0.25, 0.3) is 0 Å². The van der Waals surface area contributed by atoms with Crippen molar-refractivity contribution in [2.45, 2.75) is 0 Å². The van der Waals surface area contributed by atoms with E-state index in [1.807, 2.05) is 12.1 Å². The van der Waals surface area contributed by atoms with Crippen LogP contribution in [0, 0.1) is 0 Å². The maximum absolute atomic E-state index is 5.49. The molecule has 0 saturated heterocycles. The summed E-state index contributed by atoms with van der Waals surface area (Å²) in [4.78, 5) is 0. The predicted molar refractivity (Wildman–Crippen MR) is 51.2 cm³/mol. The third-order valence-corrected chi connectivity index (χ3v) is 2.74. The second-order valence-electron chi connectivity index (χ2n) is 1.72. The summed E-state index contributed by atoms with van der Waals surface area (Å²) >= 11 is 10.5. The summed E-state index contributed by atoms with van der Waals surface area (Å²) in [5, 5.41) is 4.33. The van der Waals surface area contributed by atoms with Crippen LogP contribution in [0.2, 0.25) is 0 Å². The van der Waals surface area contributed by atoms with Crippen LogP contribution in [0.5, 0.6) is 0 Å². The Kier molecular flexibility index (Phi) is 3.52. The summed E-state index contributed by atoms with van der Waals surface area (Å²) in [6, 6.07) is 4.04. The molecule has 10 heavy (non-hydrogen) atoms. The number of hydrogen-bond acceptors (Lipinski definition) is 2. The van der Waals surface area contributed by atoms with Crippen molar-refractivity contribution in [3.05, 3.63) is 15.9 Å². The zero-order valence-electron chi connectivity index (χ0n) is 5.23. The van der Waals surface area contributed by atoms with Crippen LogP contribution in [0.15, 0.2) is 15.9 Å². The zero-order chi connectivity index (χ0) is 7.40. The summed E-state index contributed by atoms with van der Waals surface area (Å²) in [6.45, 7) is 0.828. The summed E-state index contributed by atoms with van der Waals surface area (Å²) in [5.74, 6) is 0.648. The highest BCUT2D eigenvalue weighted by atomic mass is 79.9. The van der Waals surface area contributed by atoms with E-state index < -0.39 is 0 Å². The van der Waals surface area contributed by atoms with Gasteiger partial charge >= 0.3 is 0 Å². The molecule has 0 radical (unpaired) electrons. The maximum Gasteiger partial charge on any atom is 0.0894 e. The third-order valence-electron chi connectivity index (χ3n) is 0.967. The van der Waals surface area contributed by atoms with Gasteiger partial charge in [0.25, 0.3) is 0 Å². The van der Waals surface area contributed by atoms with E-state index in [0.717, 1.165) is 15.3 Å². The Morgan fingerprint density at radius 2 is 2.40 bits per heavy atom. The largest absolute Gasteiger partial charge is 0.376 e. The number of alkyl halides is 1. The molecule has 0 aliphatic heterocycles. The number of anilines is 1. The minimum absolute atomic E-state index is 0.648. The molecule has 4 heteroatoms. The Labute approximate surface area is 77.5 Å². The number of nitrogens with one attached hydrogen (secondary N) is 1. The highest BCUT2D eigenvalue weighted by Crippen LogP contribution is 2.26. The summed E-state index contributed by atoms with van der Waals surface area (Å²) < 4.78 is 1.14. The number of thiophene rings is 1. The topological polar surface area (TPSA) is 12.0 Å². The van der Waals surface area contributed by atoms with E-state index >= 15 is 0 Å². The lowest BCUT2D eigenvalue weighted by molar-refractivity contribution is 1.24. The first-order chi connectivity index (χ1) is 4.83. The molecular formula is C6H7BrClNS. The molecule has 0 aromatic carbocycles. The van der Waals surface area contributed by atoms with Crippen LogP contribution in [-0.4, -0.2) is 12.4 Å². The first kappa shape index (κ1) is 8.37. The summed E-state index contributed by atoms with van der Waals surface area (Å²) in [7, 11) is 0. The maximum atomic E-state index is 5.49. The van der Waals surface area contributed by atoms with Crippen LogP contribution in [-0.2, 0) is 0 Å². The van der Waals surface area contributed by atoms with Crippen molar-refractivity contribution in [2.75, 3.05) is 17.7 Å². The van der Waals surface area contributed by atoms with Gasteiger partial charge in [0.2, 0.25) is 0 Å². The van der Waals surface area contributed by atoms with E-state index in [4.69, 9.17) is 11.6 Å². The number of halogens is 2. The van der Waals surface area contributed by atoms with Crippen molar-refractivity contribution < 1.29 is 0 Å². The van der Waals surface area contributed by atoms with Crippen LogP contribution >= 0.6 is 38.9 Å². The fraction of sp³-hybridized carbons (Fsp3) is 0.333. The lowest BCUT2D eigenvalue weighted by Gasteiger charge is -1.96. The van der Waals surface area contributed by atoms with Crippen molar-refractivity contribution in [1.29, 1.82) is 0 Å². The highest BCUT2D eigenvalue weighted by Gasteiger charge is 1.93. The number of rotatable bonds is 3. The van der Waals surface area contributed by atoms with Gasteiger partial charge in [-0.15, -0.1) is 22.9 Å². The zero-order valence-corrected chi connectivity index (χ0v) is 8.39. The molecule has 1 nitrogen and oxygen atoms in total. The first-order valence-electron chi connectivity index (χ1n) is 2.88. The lowest BCUT2D eigenvalue weighted by atomic mass is 10.6. The van der Waals surface area contributed by atoms with Crippen molar-refractivity contribution in [3.8, 4) is 0 Å². The molecule has 0 amide bonds. The third kappa shape index (κ3) is 2.48. The molecule has 1 heterocycles. The summed E-state index contributed by atoms with van der Waals surface area (Å²) in [5.41, 5.74) is 0. The average molecular weight is 241 g/mol. The minimum Gasteiger partial charge on any atom is -0.376 e. The average Bonchev–Trinajstić information content (AvgIpc) is 2.31. The normalized spacial score (nSPS) is 9.80. The van der Waals surface area contributed by atoms with Gasteiger partial charge in [0, 0.05) is 12.4 Å². The minimum atomic E-state index is 0.648. The molecule has 1 aromatic rings. The predicted octanol–water partition coefficient (Wildman–Crippen LogP) is 3.16. The van der Waals surface area contributed by atoms with Crippen LogP contribution in [0.3, 0.4) is 0 Å². The van der Waals surface area contributed by atoms with Gasteiger partial charge in [-0.1, -0.05) is 0 Å². The Morgan fingerprint density at radius 3 is 2.90 bits per heavy atom. The highest BCUT2D eigenvalue weighted by molar-refractivity contribution is 9.11. The lowest BCUT2D eigenvalue weighted by Crippen LogP contribution is -1.99. The second kappa shape index (κ2) is 4.21. The van der Waals surface area contributed by atoms with Gasteiger partial charge in [0.05, 0.1) is 8.79 Å². The molecule has 0 aliphatic carbocycles.